The molecule has 0 bridgehead atoms. The van der Waals surface area contributed by atoms with Crippen molar-refractivity contribution in [1.29, 1.82) is 0 Å². The molecule has 3 aromatic rings. The van der Waals surface area contributed by atoms with Gasteiger partial charge in [-0.1, -0.05) is 0 Å². The van der Waals surface area contributed by atoms with Gasteiger partial charge in [-0.15, -0.1) is 0 Å². The molecule has 0 saturated carbocycles. The van der Waals surface area contributed by atoms with Gasteiger partial charge in [0.1, 0.15) is 11.0 Å². The lowest BCUT2D eigenvalue weighted by Gasteiger charge is -2.22. The van der Waals surface area contributed by atoms with Crippen LogP contribution in [0.1, 0.15) is 21.7 Å². The lowest BCUT2D eigenvalue weighted by atomic mass is 10.1. The number of benzene rings is 1. The maximum atomic E-state index is 12.5. The summed E-state index contributed by atoms with van der Waals surface area (Å²) in [7, 11) is 2.04. The number of nitrogens with zero attached hydrogens (tertiary/aromatic N) is 4. The number of fused-ring (bicyclic) bond motifs is 2. The van der Waals surface area contributed by atoms with Crippen LogP contribution in [0.5, 0.6) is 0 Å². The Labute approximate surface area is 130 Å². The van der Waals surface area contributed by atoms with Crippen LogP contribution in [0, 0.1) is 0 Å². The van der Waals surface area contributed by atoms with Crippen LogP contribution in [0.2, 0.25) is 0 Å². The van der Waals surface area contributed by atoms with Crippen molar-refractivity contribution >= 4 is 34.4 Å². The second-order valence-electron chi connectivity index (χ2n) is 5.44. The predicted molar refractivity (Wildman–Crippen MR) is 84.0 cm³/mol. The van der Waals surface area contributed by atoms with Crippen molar-refractivity contribution in [1.82, 2.24) is 23.8 Å². The number of H-pyrrole nitrogens is 1. The van der Waals surface area contributed by atoms with E-state index in [2.05, 4.69) is 29.2 Å². The van der Waals surface area contributed by atoms with Crippen LogP contribution in [0.4, 0.5) is 5.69 Å². The van der Waals surface area contributed by atoms with Crippen molar-refractivity contribution in [3.05, 3.63) is 35.2 Å². The van der Waals surface area contributed by atoms with Gasteiger partial charge in [0.25, 0.3) is 5.91 Å². The number of aromatic amines is 1. The molecule has 1 aliphatic rings. The van der Waals surface area contributed by atoms with Gasteiger partial charge in [-0.05, 0) is 25.2 Å². The molecule has 8 heteroatoms. The smallest absolute Gasteiger partial charge is 0.276 e. The van der Waals surface area contributed by atoms with Gasteiger partial charge in [-0.2, -0.15) is 13.8 Å². The molecule has 4 rings (SSSR count). The highest BCUT2D eigenvalue weighted by Crippen LogP contribution is 2.21. The minimum atomic E-state index is -0.199. The number of likely N-dealkylation sites (N-methyl/N-ethyl adjacent to an activating group) is 1. The zero-order valence-electron chi connectivity index (χ0n) is 12.0. The summed E-state index contributed by atoms with van der Waals surface area (Å²) < 4.78 is 8.33. The number of carbonyl (C=O) groups excluding carboxylic acids is 1. The Hall–Kier alpha value is -2.32. The average Bonchev–Trinajstić information content (AvgIpc) is 3.12. The van der Waals surface area contributed by atoms with E-state index in [1.807, 2.05) is 25.2 Å². The third-order valence-corrected chi connectivity index (χ3v) is 4.41. The van der Waals surface area contributed by atoms with E-state index in [1.54, 1.807) is 0 Å². The number of amides is 1. The molecule has 1 amide bonds. The fourth-order valence-electron chi connectivity index (χ4n) is 2.67. The second kappa shape index (κ2) is 5.15. The molecular formula is C14H14N6OS. The molecule has 3 heterocycles. The molecule has 22 heavy (non-hydrogen) atoms. The van der Waals surface area contributed by atoms with Crippen LogP contribution in [0.25, 0.3) is 11.0 Å². The highest BCUT2D eigenvalue weighted by atomic mass is 32.1. The summed E-state index contributed by atoms with van der Waals surface area (Å²) in [5.74, 6) is -0.199. The summed E-state index contributed by atoms with van der Waals surface area (Å²) in [5.41, 5.74) is 4.84. The molecule has 7 nitrogen and oxygen atoms in total. The van der Waals surface area contributed by atoms with Crippen molar-refractivity contribution < 1.29 is 4.79 Å². The summed E-state index contributed by atoms with van der Waals surface area (Å²) in [5, 5.41) is 10.1. The van der Waals surface area contributed by atoms with E-state index in [1.165, 1.54) is 0 Å². The zero-order valence-corrected chi connectivity index (χ0v) is 12.8. The Morgan fingerprint density at radius 3 is 3.14 bits per heavy atom. The highest BCUT2D eigenvalue weighted by molar-refractivity contribution is 7.00. The third-order valence-electron chi connectivity index (χ3n) is 3.85. The van der Waals surface area contributed by atoms with E-state index >= 15 is 0 Å². The molecule has 0 radical (unpaired) electrons. The Morgan fingerprint density at radius 1 is 1.36 bits per heavy atom. The predicted octanol–water partition coefficient (Wildman–Crippen LogP) is 1.65. The van der Waals surface area contributed by atoms with Crippen molar-refractivity contribution in [3.8, 4) is 0 Å². The first-order chi connectivity index (χ1) is 10.7. The largest absolute Gasteiger partial charge is 0.321 e. The Bertz CT molecular complexity index is 854. The summed E-state index contributed by atoms with van der Waals surface area (Å²) in [4.78, 5) is 14.7. The van der Waals surface area contributed by atoms with E-state index in [-0.39, 0.29) is 5.91 Å². The van der Waals surface area contributed by atoms with Crippen molar-refractivity contribution in [2.75, 3.05) is 18.9 Å². The van der Waals surface area contributed by atoms with E-state index in [0.717, 1.165) is 53.5 Å². The van der Waals surface area contributed by atoms with Crippen LogP contribution in [-0.2, 0) is 13.0 Å². The van der Waals surface area contributed by atoms with Crippen LogP contribution in [0.3, 0.4) is 0 Å². The van der Waals surface area contributed by atoms with Gasteiger partial charge < -0.3 is 10.2 Å². The van der Waals surface area contributed by atoms with Crippen molar-refractivity contribution in [3.63, 3.8) is 0 Å². The number of rotatable bonds is 2. The van der Waals surface area contributed by atoms with Gasteiger partial charge in [-0.25, -0.2) is 0 Å². The first-order valence-electron chi connectivity index (χ1n) is 6.99. The fraction of sp³-hybridized carbons (Fsp3) is 0.286. The highest BCUT2D eigenvalue weighted by Gasteiger charge is 2.23. The second-order valence-corrected chi connectivity index (χ2v) is 5.97. The van der Waals surface area contributed by atoms with E-state index in [4.69, 9.17) is 0 Å². The monoisotopic (exact) mass is 314 g/mol. The zero-order chi connectivity index (χ0) is 15.1. The minimum Gasteiger partial charge on any atom is -0.321 e. The number of carbonyl (C=O) groups is 1. The molecule has 0 saturated heterocycles. The Kier molecular flexibility index (Phi) is 3.12. The number of hydrogen-bond acceptors (Lipinski definition) is 6. The Morgan fingerprint density at radius 2 is 2.23 bits per heavy atom. The summed E-state index contributed by atoms with van der Waals surface area (Å²) in [6.45, 7) is 1.72. The summed E-state index contributed by atoms with van der Waals surface area (Å²) >= 11 is 1.16. The molecule has 2 aromatic heterocycles. The van der Waals surface area contributed by atoms with Crippen LogP contribution >= 0.6 is 11.7 Å². The van der Waals surface area contributed by atoms with Gasteiger partial charge in [-0.3, -0.25) is 9.89 Å². The van der Waals surface area contributed by atoms with Gasteiger partial charge in [0.05, 0.1) is 11.7 Å². The Balaban J connectivity index is 1.61. The average molecular weight is 314 g/mol. The first-order valence-corrected chi connectivity index (χ1v) is 7.72. The minimum absolute atomic E-state index is 0.199. The van der Waals surface area contributed by atoms with Gasteiger partial charge in [0.15, 0.2) is 5.69 Å². The molecule has 0 fully saturated rings. The molecule has 1 aliphatic heterocycles. The van der Waals surface area contributed by atoms with Crippen molar-refractivity contribution in [2.45, 2.75) is 13.0 Å². The SMILES string of the molecule is CN1CCc2[nH]nc(C(=O)Nc3ccc4nsnc4c3)c2C1. The third kappa shape index (κ3) is 2.26. The first kappa shape index (κ1) is 13.4. The topological polar surface area (TPSA) is 86.8 Å². The number of aromatic nitrogens is 4. The molecule has 0 aliphatic carbocycles. The van der Waals surface area contributed by atoms with Crippen LogP contribution in [0.15, 0.2) is 18.2 Å². The van der Waals surface area contributed by atoms with E-state index < -0.39 is 0 Å². The molecule has 0 unspecified atom stereocenters. The van der Waals surface area contributed by atoms with Gasteiger partial charge in [0.2, 0.25) is 0 Å². The fourth-order valence-corrected chi connectivity index (χ4v) is 3.19. The van der Waals surface area contributed by atoms with Crippen LogP contribution < -0.4 is 5.32 Å². The molecule has 0 spiro atoms. The maximum absolute atomic E-state index is 12.5. The lowest BCUT2D eigenvalue weighted by molar-refractivity contribution is 0.102. The molecule has 2 N–H and O–H groups in total. The quantitative estimate of drug-likeness (QED) is 0.751. The number of hydrogen-bond donors (Lipinski definition) is 2. The number of nitrogens with one attached hydrogen (secondary N) is 2. The van der Waals surface area contributed by atoms with Crippen LogP contribution in [-0.4, -0.2) is 43.3 Å². The van der Waals surface area contributed by atoms with E-state index in [0.29, 0.717) is 11.4 Å². The molecular weight excluding hydrogens is 300 g/mol. The maximum Gasteiger partial charge on any atom is 0.276 e. The molecule has 1 aromatic carbocycles. The standard InChI is InChI=1S/C14H14N6OS/c1-20-5-4-10-9(7-20)13(17-16-10)14(21)15-8-2-3-11-12(6-8)19-22-18-11/h2-3,6H,4-5,7H2,1H3,(H,15,21)(H,16,17). The lowest BCUT2D eigenvalue weighted by Crippen LogP contribution is -2.27. The summed E-state index contributed by atoms with van der Waals surface area (Å²) in [6.07, 6.45) is 0.891. The molecule has 0 atom stereocenters. The normalized spacial score (nSPS) is 15.0. The molecule has 112 valence electrons. The van der Waals surface area contributed by atoms with E-state index in [9.17, 15) is 4.79 Å². The van der Waals surface area contributed by atoms with Gasteiger partial charge >= 0.3 is 0 Å². The number of anilines is 1. The summed E-state index contributed by atoms with van der Waals surface area (Å²) in [6, 6.07) is 5.50. The van der Waals surface area contributed by atoms with Crippen molar-refractivity contribution in [2.24, 2.45) is 0 Å². The van der Waals surface area contributed by atoms with Gasteiger partial charge in [0, 0.05) is 36.5 Å².